The number of nitrogens with one attached hydrogen (secondary N) is 1. The van der Waals surface area contributed by atoms with Crippen LogP contribution in [0.25, 0.3) is 0 Å². The molecule has 1 saturated heterocycles. The number of amides is 1. The summed E-state index contributed by atoms with van der Waals surface area (Å²) in [5.41, 5.74) is 0. The van der Waals surface area contributed by atoms with Crippen LogP contribution in [0.1, 0.15) is 26.2 Å². The van der Waals surface area contributed by atoms with Crippen LogP contribution in [0.2, 0.25) is 0 Å². The summed E-state index contributed by atoms with van der Waals surface area (Å²) in [5, 5.41) is 3.32. The Hall–Kier alpha value is -0.570. The van der Waals surface area contributed by atoms with Crippen LogP contribution in [0.5, 0.6) is 0 Å². The quantitative estimate of drug-likeness (QED) is 0.673. The smallest absolute Gasteiger partial charge is 0.223 e. The minimum absolute atomic E-state index is 0.261. The summed E-state index contributed by atoms with van der Waals surface area (Å²) in [6.07, 6.45) is 3.04. The van der Waals surface area contributed by atoms with Gasteiger partial charge in [-0.15, -0.1) is 0 Å². The topological polar surface area (TPSA) is 32.3 Å². The Labute approximate surface area is 74.1 Å². The standard InChI is InChI=1S/C9H18N2O/c1-3-11(2)9(12)7-8-5-4-6-10-8/h8,10H,3-7H2,1-2H3. The maximum atomic E-state index is 11.4. The van der Waals surface area contributed by atoms with Gasteiger partial charge < -0.3 is 10.2 Å². The Morgan fingerprint density at radius 1 is 1.67 bits per heavy atom. The third-order valence-corrected chi connectivity index (χ3v) is 2.48. The van der Waals surface area contributed by atoms with Gasteiger partial charge in [-0.05, 0) is 26.3 Å². The number of hydrogen-bond acceptors (Lipinski definition) is 2. The minimum Gasteiger partial charge on any atom is -0.346 e. The zero-order valence-electron chi connectivity index (χ0n) is 7.97. The van der Waals surface area contributed by atoms with Gasteiger partial charge in [0.2, 0.25) is 5.91 Å². The first-order chi connectivity index (χ1) is 5.74. The average molecular weight is 170 g/mol. The first kappa shape index (κ1) is 9.52. The maximum absolute atomic E-state index is 11.4. The van der Waals surface area contributed by atoms with E-state index >= 15 is 0 Å². The van der Waals surface area contributed by atoms with Crippen molar-refractivity contribution in [1.29, 1.82) is 0 Å². The normalized spacial score (nSPS) is 22.7. The summed E-state index contributed by atoms with van der Waals surface area (Å²) >= 11 is 0. The van der Waals surface area contributed by atoms with Crippen LogP contribution in [-0.4, -0.2) is 37.0 Å². The third kappa shape index (κ3) is 2.48. The van der Waals surface area contributed by atoms with Gasteiger partial charge in [0, 0.05) is 26.1 Å². The van der Waals surface area contributed by atoms with E-state index in [-0.39, 0.29) is 5.91 Å². The zero-order chi connectivity index (χ0) is 8.97. The second-order valence-electron chi connectivity index (χ2n) is 3.41. The van der Waals surface area contributed by atoms with Crippen LogP contribution in [0.3, 0.4) is 0 Å². The van der Waals surface area contributed by atoms with Crippen molar-refractivity contribution < 1.29 is 4.79 Å². The average Bonchev–Trinajstić information content (AvgIpc) is 2.55. The van der Waals surface area contributed by atoms with E-state index in [0.29, 0.717) is 12.5 Å². The van der Waals surface area contributed by atoms with E-state index in [1.54, 1.807) is 4.90 Å². The zero-order valence-corrected chi connectivity index (χ0v) is 7.97. The molecule has 0 aromatic rings. The summed E-state index contributed by atoms with van der Waals surface area (Å²) in [6.45, 7) is 3.89. The van der Waals surface area contributed by atoms with Crippen LogP contribution in [0.15, 0.2) is 0 Å². The van der Waals surface area contributed by atoms with Crippen molar-refractivity contribution in [3.63, 3.8) is 0 Å². The van der Waals surface area contributed by atoms with E-state index in [2.05, 4.69) is 5.32 Å². The molecular weight excluding hydrogens is 152 g/mol. The van der Waals surface area contributed by atoms with Crippen molar-refractivity contribution in [1.82, 2.24) is 10.2 Å². The Balaban J connectivity index is 2.25. The number of hydrogen-bond donors (Lipinski definition) is 1. The highest BCUT2D eigenvalue weighted by Gasteiger charge is 2.18. The SMILES string of the molecule is CCN(C)C(=O)CC1CCCN1. The van der Waals surface area contributed by atoms with Crippen molar-refractivity contribution in [3.8, 4) is 0 Å². The van der Waals surface area contributed by atoms with Gasteiger partial charge in [-0.1, -0.05) is 0 Å². The molecule has 0 spiro atoms. The van der Waals surface area contributed by atoms with Gasteiger partial charge in [0.25, 0.3) is 0 Å². The maximum Gasteiger partial charge on any atom is 0.223 e. The Kier molecular flexibility index (Phi) is 3.53. The lowest BCUT2D eigenvalue weighted by molar-refractivity contribution is -0.130. The molecule has 1 amide bonds. The minimum atomic E-state index is 0.261. The molecule has 1 rings (SSSR count). The molecule has 1 aliphatic heterocycles. The fraction of sp³-hybridized carbons (Fsp3) is 0.889. The second-order valence-corrected chi connectivity index (χ2v) is 3.41. The lowest BCUT2D eigenvalue weighted by Crippen LogP contribution is -2.33. The van der Waals surface area contributed by atoms with Crippen LogP contribution < -0.4 is 5.32 Å². The Bertz CT molecular complexity index is 153. The van der Waals surface area contributed by atoms with E-state index in [1.807, 2.05) is 14.0 Å². The molecule has 1 atom stereocenters. The van der Waals surface area contributed by atoms with Gasteiger partial charge in [-0.2, -0.15) is 0 Å². The summed E-state index contributed by atoms with van der Waals surface area (Å²) in [7, 11) is 1.86. The van der Waals surface area contributed by atoms with E-state index in [0.717, 1.165) is 19.5 Å². The number of nitrogens with zero attached hydrogens (tertiary/aromatic N) is 1. The molecule has 0 saturated carbocycles. The first-order valence-corrected chi connectivity index (χ1v) is 4.71. The molecule has 0 bridgehead atoms. The Morgan fingerprint density at radius 3 is 2.92 bits per heavy atom. The molecule has 3 heteroatoms. The molecule has 0 radical (unpaired) electrons. The van der Waals surface area contributed by atoms with Crippen molar-refractivity contribution in [3.05, 3.63) is 0 Å². The Morgan fingerprint density at radius 2 is 2.42 bits per heavy atom. The number of rotatable bonds is 3. The largest absolute Gasteiger partial charge is 0.346 e. The lowest BCUT2D eigenvalue weighted by Gasteiger charge is -2.17. The highest BCUT2D eigenvalue weighted by atomic mass is 16.2. The molecule has 70 valence electrons. The van der Waals surface area contributed by atoms with Crippen molar-refractivity contribution >= 4 is 5.91 Å². The van der Waals surface area contributed by atoms with Gasteiger partial charge in [0.05, 0.1) is 0 Å². The summed E-state index contributed by atoms with van der Waals surface area (Å²) < 4.78 is 0. The number of carbonyl (C=O) groups is 1. The fourth-order valence-electron chi connectivity index (χ4n) is 1.47. The van der Waals surface area contributed by atoms with E-state index in [4.69, 9.17) is 0 Å². The van der Waals surface area contributed by atoms with Crippen LogP contribution in [0.4, 0.5) is 0 Å². The monoisotopic (exact) mass is 170 g/mol. The molecule has 1 aliphatic rings. The van der Waals surface area contributed by atoms with Gasteiger partial charge in [-0.3, -0.25) is 4.79 Å². The predicted molar refractivity (Wildman–Crippen MR) is 49.0 cm³/mol. The molecule has 0 aromatic carbocycles. The van der Waals surface area contributed by atoms with Crippen molar-refractivity contribution in [2.45, 2.75) is 32.2 Å². The van der Waals surface area contributed by atoms with E-state index < -0.39 is 0 Å². The number of carbonyl (C=O) groups excluding carboxylic acids is 1. The fourth-order valence-corrected chi connectivity index (χ4v) is 1.47. The summed E-state index contributed by atoms with van der Waals surface area (Å²) in [5.74, 6) is 0.261. The first-order valence-electron chi connectivity index (χ1n) is 4.71. The van der Waals surface area contributed by atoms with Gasteiger partial charge in [0.1, 0.15) is 0 Å². The van der Waals surface area contributed by atoms with Gasteiger partial charge >= 0.3 is 0 Å². The van der Waals surface area contributed by atoms with E-state index in [1.165, 1.54) is 6.42 Å². The molecule has 1 fully saturated rings. The molecule has 12 heavy (non-hydrogen) atoms. The second kappa shape index (κ2) is 4.45. The predicted octanol–water partition coefficient (Wildman–Crippen LogP) is 0.607. The van der Waals surface area contributed by atoms with Crippen LogP contribution in [0, 0.1) is 0 Å². The molecule has 0 aliphatic carbocycles. The van der Waals surface area contributed by atoms with Crippen molar-refractivity contribution in [2.24, 2.45) is 0 Å². The van der Waals surface area contributed by atoms with Crippen LogP contribution in [-0.2, 0) is 4.79 Å². The lowest BCUT2D eigenvalue weighted by atomic mass is 10.1. The third-order valence-electron chi connectivity index (χ3n) is 2.48. The summed E-state index contributed by atoms with van der Waals surface area (Å²) in [4.78, 5) is 13.2. The van der Waals surface area contributed by atoms with Crippen molar-refractivity contribution in [2.75, 3.05) is 20.1 Å². The molecule has 3 nitrogen and oxygen atoms in total. The highest BCUT2D eigenvalue weighted by Crippen LogP contribution is 2.09. The van der Waals surface area contributed by atoms with Gasteiger partial charge in [-0.25, -0.2) is 0 Å². The molecule has 0 aromatic heterocycles. The molecule has 1 heterocycles. The van der Waals surface area contributed by atoms with Crippen LogP contribution >= 0.6 is 0 Å². The molecular formula is C9H18N2O. The molecule has 1 unspecified atom stereocenters. The van der Waals surface area contributed by atoms with E-state index in [9.17, 15) is 4.79 Å². The highest BCUT2D eigenvalue weighted by molar-refractivity contribution is 5.76. The molecule has 1 N–H and O–H groups in total. The summed E-state index contributed by atoms with van der Waals surface area (Å²) in [6, 6.07) is 0.437. The van der Waals surface area contributed by atoms with Gasteiger partial charge in [0.15, 0.2) is 0 Å².